The number of likely N-dealkylation sites (tertiary alicyclic amines) is 2. The van der Waals surface area contributed by atoms with E-state index in [1.807, 2.05) is 12.1 Å². The van der Waals surface area contributed by atoms with E-state index in [0.29, 0.717) is 35.9 Å². The number of fused-ring (bicyclic) bond motifs is 5. The molecule has 4 heterocycles. The first-order valence-corrected chi connectivity index (χ1v) is 20.1. The van der Waals surface area contributed by atoms with Gasteiger partial charge in [-0.15, -0.1) is 0 Å². The summed E-state index contributed by atoms with van der Waals surface area (Å²) in [7, 11) is -1.15. The smallest absolute Gasteiger partial charge is 0.303 e. The van der Waals surface area contributed by atoms with Gasteiger partial charge in [0, 0.05) is 68.3 Å². The van der Waals surface area contributed by atoms with E-state index in [1.165, 1.54) is 94.5 Å². The standard InChI is InChI=1S/C39H51N5O4S/c1-41(2)49(47,48)40-37(45)29-13-14-33-34(24-29)44-25-30(23-28-11-6-7-12-32(28)36(44)35(33)27-9-4-3-5-10-27)38(46)42-20-15-31(16-21-42)43-22-19-39(26-43)17-8-18-39/h6-7,11-14,24,27,30-31H,3-5,8-10,15-23,25-26H2,1-2H3,(H,40,45)/t30-/m1/s1. The summed E-state index contributed by atoms with van der Waals surface area (Å²) in [5, 5.41) is 1.10. The van der Waals surface area contributed by atoms with Gasteiger partial charge in [-0.2, -0.15) is 12.7 Å². The highest BCUT2D eigenvalue weighted by Crippen LogP contribution is 2.49. The van der Waals surface area contributed by atoms with Crippen molar-refractivity contribution in [1.82, 2.24) is 23.4 Å². The van der Waals surface area contributed by atoms with Gasteiger partial charge in [-0.3, -0.25) is 14.5 Å². The molecule has 1 aromatic heterocycles. The number of rotatable bonds is 6. The van der Waals surface area contributed by atoms with E-state index in [0.717, 1.165) is 54.0 Å². The van der Waals surface area contributed by atoms with Crippen LogP contribution in [0.5, 0.6) is 0 Å². The molecule has 2 aromatic carbocycles. The number of hydrogen-bond acceptors (Lipinski definition) is 5. The molecule has 1 N–H and O–H groups in total. The van der Waals surface area contributed by atoms with E-state index in [9.17, 15) is 18.0 Å². The van der Waals surface area contributed by atoms with Crippen LogP contribution >= 0.6 is 0 Å². The van der Waals surface area contributed by atoms with Crippen LogP contribution in [0.4, 0.5) is 0 Å². The lowest BCUT2D eigenvalue weighted by molar-refractivity contribution is -0.137. The Morgan fingerprint density at radius 1 is 0.898 bits per heavy atom. The molecule has 0 radical (unpaired) electrons. The fourth-order valence-corrected chi connectivity index (χ4v) is 10.3. The third-order valence-corrected chi connectivity index (χ3v) is 14.2. The summed E-state index contributed by atoms with van der Waals surface area (Å²) in [6, 6.07) is 14.8. The van der Waals surface area contributed by atoms with Crippen LogP contribution in [-0.2, 0) is 28.0 Å². The van der Waals surface area contributed by atoms with E-state index in [4.69, 9.17) is 0 Å². The average molecular weight is 686 g/mol. The Morgan fingerprint density at radius 2 is 1.65 bits per heavy atom. The number of hydrogen-bond donors (Lipinski definition) is 1. The zero-order valence-electron chi connectivity index (χ0n) is 29.1. The lowest BCUT2D eigenvalue weighted by atomic mass is 9.68. The molecule has 2 saturated heterocycles. The van der Waals surface area contributed by atoms with E-state index in [1.54, 1.807) is 6.07 Å². The van der Waals surface area contributed by atoms with Crippen LogP contribution in [0.2, 0.25) is 0 Å². The number of nitrogens with one attached hydrogen (secondary N) is 1. The quantitative estimate of drug-likeness (QED) is 0.347. The molecular formula is C39H51N5O4S. The molecule has 49 heavy (non-hydrogen) atoms. The maximum atomic E-state index is 14.5. The number of nitrogens with zero attached hydrogens (tertiary/aromatic N) is 4. The van der Waals surface area contributed by atoms with Crippen molar-refractivity contribution in [3.63, 3.8) is 0 Å². The highest BCUT2D eigenvalue weighted by atomic mass is 32.2. The first-order chi connectivity index (χ1) is 23.6. The number of carbonyl (C=O) groups excluding carboxylic acids is 2. The molecule has 1 spiro atoms. The minimum atomic E-state index is -3.95. The zero-order chi connectivity index (χ0) is 33.9. The molecule has 5 aliphatic rings. The van der Waals surface area contributed by atoms with Gasteiger partial charge in [0.1, 0.15) is 0 Å². The number of piperidine rings is 1. The molecule has 1 atom stereocenters. The Bertz CT molecular complexity index is 1860. The van der Waals surface area contributed by atoms with Crippen LogP contribution in [0.3, 0.4) is 0 Å². The monoisotopic (exact) mass is 685 g/mol. The summed E-state index contributed by atoms with van der Waals surface area (Å²) in [6.45, 7) is 4.61. The van der Waals surface area contributed by atoms with E-state index >= 15 is 0 Å². The molecule has 10 heteroatoms. The Labute approximate surface area is 291 Å². The molecule has 262 valence electrons. The largest absolute Gasteiger partial charge is 0.342 e. The number of carbonyl (C=O) groups is 2. The first-order valence-electron chi connectivity index (χ1n) is 18.6. The van der Waals surface area contributed by atoms with Gasteiger partial charge in [0.25, 0.3) is 5.91 Å². The van der Waals surface area contributed by atoms with Crippen LogP contribution in [0.1, 0.15) is 98.0 Å². The SMILES string of the molecule is CN(C)S(=O)(=O)NC(=O)c1ccc2c(C3CCCCC3)c3n(c2c1)C[C@H](C(=O)N1CCC(N2CCC4(CCC4)C2)CC1)Cc1ccccc1-3. The first kappa shape index (κ1) is 33.0. The molecule has 8 rings (SSSR count). The minimum Gasteiger partial charge on any atom is -0.342 e. The molecule has 3 aromatic rings. The van der Waals surface area contributed by atoms with Crippen LogP contribution in [-0.4, -0.2) is 85.2 Å². The highest BCUT2D eigenvalue weighted by molar-refractivity contribution is 7.87. The van der Waals surface area contributed by atoms with Crippen LogP contribution < -0.4 is 4.72 Å². The molecule has 2 aliphatic carbocycles. The summed E-state index contributed by atoms with van der Waals surface area (Å²) in [5.41, 5.74) is 6.65. The van der Waals surface area contributed by atoms with Crippen molar-refractivity contribution in [1.29, 1.82) is 0 Å². The molecule has 2 saturated carbocycles. The van der Waals surface area contributed by atoms with Crippen molar-refractivity contribution >= 4 is 32.9 Å². The van der Waals surface area contributed by atoms with Crippen LogP contribution in [0.25, 0.3) is 22.2 Å². The zero-order valence-corrected chi connectivity index (χ0v) is 29.9. The molecule has 9 nitrogen and oxygen atoms in total. The van der Waals surface area contributed by atoms with Gasteiger partial charge in [0.2, 0.25) is 5.91 Å². The lowest BCUT2D eigenvalue weighted by Crippen LogP contribution is -2.49. The van der Waals surface area contributed by atoms with E-state index in [2.05, 4.69) is 43.4 Å². The molecule has 3 aliphatic heterocycles. The van der Waals surface area contributed by atoms with Gasteiger partial charge in [-0.1, -0.05) is 56.0 Å². The third kappa shape index (κ3) is 6.01. The summed E-state index contributed by atoms with van der Waals surface area (Å²) >= 11 is 0. The maximum Gasteiger partial charge on any atom is 0.303 e. The van der Waals surface area contributed by atoms with Crippen molar-refractivity contribution in [3.05, 3.63) is 59.2 Å². The fourth-order valence-electron chi connectivity index (χ4n) is 9.79. The summed E-state index contributed by atoms with van der Waals surface area (Å²) < 4.78 is 30.6. The lowest BCUT2D eigenvalue weighted by Gasteiger charge is -2.41. The van der Waals surface area contributed by atoms with E-state index < -0.39 is 16.1 Å². The van der Waals surface area contributed by atoms with E-state index in [-0.39, 0.29) is 11.8 Å². The second-order valence-electron chi connectivity index (χ2n) is 15.8. The average Bonchev–Trinajstić information content (AvgIpc) is 3.64. The maximum absolute atomic E-state index is 14.5. The van der Waals surface area contributed by atoms with Crippen molar-refractivity contribution in [3.8, 4) is 11.3 Å². The molecule has 0 bridgehead atoms. The highest BCUT2D eigenvalue weighted by Gasteiger charge is 2.45. The topological polar surface area (TPSA) is 95.0 Å². The van der Waals surface area contributed by atoms with Crippen molar-refractivity contribution < 1.29 is 18.0 Å². The Balaban J connectivity index is 1.13. The third-order valence-electron chi connectivity index (χ3n) is 12.7. The second kappa shape index (κ2) is 12.8. The van der Waals surface area contributed by atoms with Crippen molar-refractivity contribution in [2.24, 2.45) is 11.3 Å². The number of benzene rings is 2. The summed E-state index contributed by atoms with van der Waals surface area (Å²) in [4.78, 5) is 32.7. The normalized spacial score (nSPS) is 23.3. The predicted molar refractivity (Wildman–Crippen MR) is 193 cm³/mol. The Morgan fingerprint density at radius 3 is 2.35 bits per heavy atom. The van der Waals surface area contributed by atoms with Gasteiger partial charge in [0.05, 0.1) is 11.6 Å². The summed E-state index contributed by atoms with van der Waals surface area (Å²) in [6.07, 6.45) is 14.2. The fraction of sp³-hybridized carbons (Fsp3) is 0.590. The van der Waals surface area contributed by atoms with Gasteiger partial charge in [-0.05, 0) is 92.5 Å². The number of aromatic nitrogens is 1. The molecule has 0 unspecified atom stereocenters. The minimum absolute atomic E-state index is 0.227. The van der Waals surface area contributed by atoms with Gasteiger partial charge in [0.15, 0.2) is 0 Å². The van der Waals surface area contributed by atoms with Gasteiger partial charge in [-0.25, -0.2) is 4.72 Å². The van der Waals surface area contributed by atoms with Crippen molar-refractivity contribution in [2.75, 3.05) is 40.3 Å². The molecular weight excluding hydrogens is 635 g/mol. The predicted octanol–water partition coefficient (Wildman–Crippen LogP) is 5.93. The van der Waals surface area contributed by atoms with Crippen LogP contribution in [0.15, 0.2) is 42.5 Å². The van der Waals surface area contributed by atoms with Gasteiger partial charge < -0.3 is 9.47 Å². The number of amides is 2. The molecule has 4 fully saturated rings. The second-order valence-corrected chi connectivity index (χ2v) is 17.7. The van der Waals surface area contributed by atoms with Crippen molar-refractivity contribution in [2.45, 2.75) is 95.6 Å². The Hall–Kier alpha value is -3.21. The van der Waals surface area contributed by atoms with Gasteiger partial charge >= 0.3 is 10.2 Å². The van der Waals surface area contributed by atoms with Crippen LogP contribution in [0, 0.1) is 11.3 Å². The molecule has 2 amide bonds. The summed E-state index contributed by atoms with van der Waals surface area (Å²) in [5.74, 6) is -0.267. The Kier molecular flexibility index (Phi) is 8.64.